The Hall–Kier alpha value is -0.410. The molecule has 0 aromatic rings. The van der Waals surface area contributed by atoms with Crippen molar-refractivity contribution in [3.63, 3.8) is 0 Å². The van der Waals surface area contributed by atoms with Crippen molar-refractivity contribution < 1.29 is 9.90 Å². The van der Waals surface area contributed by atoms with E-state index in [-0.39, 0.29) is 6.10 Å². The maximum absolute atomic E-state index is 11.6. The number of ketones is 1. The van der Waals surface area contributed by atoms with Crippen molar-refractivity contribution in [2.45, 2.75) is 50.3 Å². The second-order valence-corrected chi connectivity index (χ2v) is 5.08. The first-order chi connectivity index (χ1) is 6.74. The van der Waals surface area contributed by atoms with E-state index in [1.807, 2.05) is 0 Å². The first kappa shape index (κ1) is 8.86. The first-order valence-corrected chi connectivity index (χ1v) is 5.70. The average molecular weight is 195 g/mol. The van der Waals surface area contributed by atoms with Gasteiger partial charge >= 0.3 is 0 Å². The number of piperidine rings is 3. The van der Waals surface area contributed by atoms with Crippen LogP contribution in [0.15, 0.2) is 0 Å². The van der Waals surface area contributed by atoms with Gasteiger partial charge in [0, 0.05) is 18.0 Å². The summed E-state index contributed by atoms with van der Waals surface area (Å²) < 4.78 is 0. The lowest BCUT2D eigenvalue weighted by molar-refractivity contribution is -0.137. The van der Waals surface area contributed by atoms with E-state index < -0.39 is 0 Å². The molecule has 78 valence electrons. The van der Waals surface area contributed by atoms with E-state index in [1.54, 1.807) is 0 Å². The number of rotatable bonds is 0. The zero-order valence-electron chi connectivity index (χ0n) is 8.35. The van der Waals surface area contributed by atoms with E-state index in [9.17, 15) is 9.90 Å². The molecule has 4 aliphatic heterocycles. The molecule has 4 aliphatic rings. The zero-order chi connectivity index (χ0) is 9.71. The van der Waals surface area contributed by atoms with Crippen molar-refractivity contribution in [2.24, 2.45) is 5.92 Å². The van der Waals surface area contributed by atoms with Gasteiger partial charge in [-0.3, -0.25) is 9.69 Å². The first-order valence-electron chi connectivity index (χ1n) is 5.70. The fourth-order valence-corrected chi connectivity index (χ4v) is 3.48. The topological polar surface area (TPSA) is 40.5 Å². The van der Waals surface area contributed by atoms with Gasteiger partial charge in [-0.2, -0.15) is 0 Å². The molecule has 14 heavy (non-hydrogen) atoms. The molecule has 0 radical (unpaired) electrons. The fraction of sp³-hybridized carbons (Fsp3) is 0.909. The molecule has 5 unspecified atom stereocenters. The third kappa shape index (κ3) is 1.22. The molecule has 0 spiro atoms. The van der Waals surface area contributed by atoms with Gasteiger partial charge in [-0.25, -0.2) is 0 Å². The Morgan fingerprint density at radius 1 is 1.14 bits per heavy atom. The Kier molecular flexibility index (Phi) is 1.92. The molecule has 5 atom stereocenters. The van der Waals surface area contributed by atoms with E-state index >= 15 is 0 Å². The van der Waals surface area contributed by atoms with Crippen LogP contribution in [0.4, 0.5) is 0 Å². The predicted molar refractivity (Wildman–Crippen MR) is 51.9 cm³/mol. The SMILES string of the molecule is O=C1CN2C3CCC(O)CC2CC1C3. The lowest BCUT2D eigenvalue weighted by Gasteiger charge is -2.48. The van der Waals surface area contributed by atoms with E-state index in [0.717, 1.165) is 32.1 Å². The van der Waals surface area contributed by atoms with Gasteiger partial charge in [-0.05, 0) is 32.1 Å². The number of aliphatic hydroxyl groups excluding tert-OH is 1. The van der Waals surface area contributed by atoms with Crippen molar-refractivity contribution >= 4 is 5.78 Å². The summed E-state index contributed by atoms with van der Waals surface area (Å²) >= 11 is 0. The maximum Gasteiger partial charge on any atom is 0.150 e. The summed E-state index contributed by atoms with van der Waals surface area (Å²) in [7, 11) is 0. The third-order valence-electron chi connectivity index (χ3n) is 4.22. The quantitative estimate of drug-likeness (QED) is 0.614. The maximum atomic E-state index is 11.6. The number of fused-ring (bicyclic) bond motifs is 1. The molecule has 0 aromatic heterocycles. The normalized spacial score (nSPS) is 51.8. The van der Waals surface area contributed by atoms with Crippen LogP contribution >= 0.6 is 0 Å². The van der Waals surface area contributed by atoms with Crippen LogP contribution in [0.3, 0.4) is 0 Å². The van der Waals surface area contributed by atoms with E-state index in [4.69, 9.17) is 0 Å². The van der Waals surface area contributed by atoms with Crippen LogP contribution in [-0.4, -0.2) is 40.5 Å². The van der Waals surface area contributed by atoms with Crippen LogP contribution in [0.5, 0.6) is 0 Å². The molecule has 0 saturated carbocycles. The second-order valence-electron chi connectivity index (χ2n) is 5.08. The van der Waals surface area contributed by atoms with Gasteiger partial charge in [-0.15, -0.1) is 0 Å². The van der Waals surface area contributed by atoms with E-state index in [1.165, 1.54) is 0 Å². The van der Waals surface area contributed by atoms with Gasteiger partial charge in [-0.1, -0.05) is 0 Å². The third-order valence-corrected chi connectivity index (χ3v) is 4.22. The van der Waals surface area contributed by atoms with Crippen LogP contribution in [0, 0.1) is 5.92 Å². The largest absolute Gasteiger partial charge is 0.393 e. The van der Waals surface area contributed by atoms with Gasteiger partial charge < -0.3 is 5.11 Å². The van der Waals surface area contributed by atoms with Crippen molar-refractivity contribution in [1.82, 2.24) is 4.90 Å². The molecule has 4 rings (SSSR count). The molecule has 0 aliphatic carbocycles. The number of aliphatic hydroxyl groups is 1. The highest BCUT2D eigenvalue weighted by Crippen LogP contribution is 2.40. The number of Topliss-reactive ketones (excluding diaryl/α,β-unsaturated/α-hetero) is 1. The molecule has 4 fully saturated rings. The molecule has 4 bridgehead atoms. The van der Waals surface area contributed by atoms with Crippen LogP contribution in [0.25, 0.3) is 0 Å². The highest BCUT2D eigenvalue weighted by Gasteiger charge is 2.46. The van der Waals surface area contributed by atoms with E-state index in [2.05, 4.69) is 4.90 Å². The summed E-state index contributed by atoms with van der Waals surface area (Å²) in [6.45, 7) is 0.659. The van der Waals surface area contributed by atoms with Gasteiger partial charge in [0.05, 0.1) is 12.6 Å². The smallest absolute Gasteiger partial charge is 0.150 e. The Balaban J connectivity index is 1.87. The number of nitrogens with zero attached hydrogens (tertiary/aromatic N) is 1. The second kappa shape index (κ2) is 3.04. The Morgan fingerprint density at radius 3 is 2.71 bits per heavy atom. The summed E-state index contributed by atoms with van der Waals surface area (Å²) in [5.74, 6) is 0.759. The molecular weight excluding hydrogens is 178 g/mol. The Labute approximate surface area is 84.1 Å². The molecule has 3 heteroatoms. The fourth-order valence-electron chi connectivity index (χ4n) is 3.48. The average Bonchev–Trinajstić information content (AvgIpc) is 2.27. The minimum Gasteiger partial charge on any atom is -0.393 e. The summed E-state index contributed by atoms with van der Waals surface area (Å²) in [5.41, 5.74) is 0. The molecule has 1 N–H and O–H groups in total. The number of carbonyl (C=O) groups is 1. The lowest BCUT2D eigenvalue weighted by atomic mass is 9.77. The molecule has 0 aromatic carbocycles. The minimum atomic E-state index is -0.126. The standard InChI is InChI=1S/C11H17NO2/c13-10-2-1-8-3-7-4-9(5-10)12(8)6-11(7)14/h7-10,13H,1-6H2. The zero-order valence-corrected chi connectivity index (χ0v) is 8.35. The van der Waals surface area contributed by atoms with Gasteiger partial charge in [0.1, 0.15) is 5.78 Å². The molecule has 4 heterocycles. The van der Waals surface area contributed by atoms with Gasteiger partial charge in [0.25, 0.3) is 0 Å². The lowest BCUT2D eigenvalue weighted by Crippen LogP contribution is -2.58. The van der Waals surface area contributed by atoms with Crippen molar-refractivity contribution in [1.29, 1.82) is 0 Å². The molecule has 4 saturated heterocycles. The van der Waals surface area contributed by atoms with E-state index in [0.29, 0.717) is 30.3 Å². The summed E-state index contributed by atoms with van der Waals surface area (Å²) in [6, 6.07) is 1.09. The van der Waals surface area contributed by atoms with Crippen molar-refractivity contribution in [3.05, 3.63) is 0 Å². The van der Waals surface area contributed by atoms with Crippen LogP contribution in [-0.2, 0) is 4.79 Å². The highest BCUT2D eigenvalue weighted by atomic mass is 16.3. The molecule has 0 amide bonds. The van der Waals surface area contributed by atoms with Crippen molar-refractivity contribution in [2.75, 3.05) is 6.54 Å². The Morgan fingerprint density at radius 2 is 1.93 bits per heavy atom. The number of hydrogen-bond acceptors (Lipinski definition) is 3. The predicted octanol–water partition coefficient (Wildman–Crippen LogP) is 0.563. The minimum absolute atomic E-state index is 0.126. The van der Waals surface area contributed by atoms with Crippen molar-refractivity contribution in [3.8, 4) is 0 Å². The monoisotopic (exact) mass is 195 g/mol. The summed E-state index contributed by atoms with van der Waals surface area (Å²) in [6.07, 6.45) is 4.84. The van der Waals surface area contributed by atoms with Crippen LogP contribution in [0.2, 0.25) is 0 Å². The number of carbonyl (C=O) groups excluding carboxylic acids is 1. The van der Waals surface area contributed by atoms with Gasteiger partial charge in [0.2, 0.25) is 0 Å². The number of hydrogen-bond donors (Lipinski definition) is 1. The van der Waals surface area contributed by atoms with Crippen LogP contribution < -0.4 is 0 Å². The van der Waals surface area contributed by atoms with Gasteiger partial charge in [0.15, 0.2) is 0 Å². The molecular formula is C11H17NO2. The van der Waals surface area contributed by atoms with Crippen LogP contribution in [0.1, 0.15) is 32.1 Å². The summed E-state index contributed by atoms with van der Waals surface area (Å²) in [5, 5.41) is 9.72. The summed E-state index contributed by atoms with van der Waals surface area (Å²) in [4.78, 5) is 13.9. The highest BCUT2D eigenvalue weighted by molar-refractivity contribution is 5.84. The molecule has 3 nitrogen and oxygen atoms in total. The Bertz CT molecular complexity index is 266.